The number of carbonyl (C=O) groups is 6. The van der Waals surface area contributed by atoms with E-state index in [0.717, 1.165) is 171 Å². The zero-order chi connectivity index (χ0) is 92.0. The van der Waals surface area contributed by atoms with E-state index in [-0.39, 0.29) is 93.4 Å². The SMILES string of the molecule is C=CC(=O)Nc1cc(N2CCN(CC)CC2)ccc1Cc1ccc2c(n1)C=C(C(=O)c1c(Cl)c(OC)cc(OC)c1Cl)C2.C=CC(=O)Nc1cc(N2CCN(CC)CC2)ccc1Cc1ccc2oc(C(=O)c3c(Cl)c(OC)cc(OC)c3Cl)cc2n1.C=CC(=O)Nc1cc(N2CCN(CC)CC2)ccc1Cc1ccc2sc(C(=O)c3c(Cl)c(OC)cc(OC)c3Cl)cc2n1. The Morgan fingerprint density at radius 3 is 1.13 bits per heavy atom. The third-order valence-electron chi connectivity index (χ3n) is 23.0. The summed E-state index contributed by atoms with van der Waals surface area (Å²) in [6, 6.07) is 37.7. The van der Waals surface area contributed by atoms with Crippen LogP contribution in [0.4, 0.5) is 34.1 Å². The lowest BCUT2D eigenvalue weighted by atomic mass is 10.0. The first-order valence-electron chi connectivity index (χ1n) is 41.8. The monoisotopic (exact) mass is 1880 g/mol. The van der Waals surface area contributed by atoms with Crippen molar-refractivity contribution in [2.45, 2.75) is 46.5 Å². The third-order valence-corrected chi connectivity index (χ3v) is 26.4. The fraction of sp³-hybridized carbons (Fsp3) is 0.289. The van der Waals surface area contributed by atoms with Crippen molar-refractivity contribution in [3.63, 3.8) is 0 Å². The van der Waals surface area contributed by atoms with Crippen molar-refractivity contribution in [1.82, 2.24) is 29.7 Å². The summed E-state index contributed by atoms with van der Waals surface area (Å²) in [6.45, 7) is 32.0. The Balaban J connectivity index is 0.000000165. The zero-order valence-electron chi connectivity index (χ0n) is 72.9. The summed E-state index contributed by atoms with van der Waals surface area (Å²) in [6.07, 6.45) is 7.37. The van der Waals surface area contributed by atoms with Crippen molar-refractivity contribution >= 4 is 178 Å². The molecule has 3 aliphatic heterocycles. The first kappa shape index (κ1) is 95.1. The Labute approximate surface area is 783 Å². The molecule has 32 heteroatoms. The predicted molar refractivity (Wildman–Crippen MR) is 517 cm³/mol. The molecule has 129 heavy (non-hydrogen) atoms. The normalized spacial score (nSPS) is 14.0. The molecule has 0 spiro atoms. The van der Waals surface area contributed by atoms with Gasteiger partial charge in [0, 0.05) is 185 Å². The quantitative estimate of drug-likeness (QED) is 0.0279. The molecule has 0 atom stereocenters. The van der Waals surface area contributed by atoms with E-state index in [9.17, 15) is 28.8 Å². The van der Waals surface area contributed by atoms with Gasteiger partial charge in [-0.1, -0.05) is 134 Å². The molecule has 0 saturated carbocycles. The lowest BCUT2D eigenvalue weighted by molar-refractivity contribution is -0.112. The van der Waals surface area contributed by atoms with Crippen molar-refractivity contribution in [3.8, 4) is 34.5 Å². The lowest BCUT2D eigenvalue weighted by Crippen LogP contribution is -2.46. The predicted octanol–water partition coefficient (Wildman–Crippen LogP) is 19.0. The summed E-state index contributed by atoms with van der Waals surface area (Å²) in [5.41, 5.74) is 14.4. The van der Waals surface area contributed by atoms with Crippen molar-refractivity contribution in [3.05, 3.63) is 267 Å². The van der Waals surface area contributed by atoms with Crippen LogP contribution in [0, 0.1) is 0 Å². The van der Waals surface area contributed by atoms with Crippen LogP contribution in [-0.4, -0.2) is 206 Å². The number of allylic oxidation sites excluding steroid dienone is 1. The summed E-state index contributed by atoms with van der Waals surface area (Å²) in [4.78, 5) is 107. The summed E-state index contributed by atoms with van der Waals surface area (Å²) in [7, 11) is 8.73. The van der Waals surface area contributed by atoms with Crippen molar-refractivity contribution in [2.75, 3.05) is 171 Å². The number of rotatable bonds is 30. The maximum atomic E-state index is 13.6. The topological polar surface area (TPSA) is 265 Å². The number of pyridine rings is 3. The number of ketones is 3. The number of thiophene rings is 1. The van der Waals surface area contributed by atoms with Gasteiger partial charge in [0.25, 0.3) is 0 Å². The van der Waals surface area contributed by atoms with Crippen LogP contribution in [0.5, 0.6) is 34.5 Å². The average molecular weight is 1880 g/mol. The van der Waals surface area contributed by atoms with Gasteiger partial charge in [0.05, 0.1) is 110 Å². The maximum Gasteiger partial charge on any atom is 0.247 e. The number of likely N-dealkylation sites (N-methyl/N-ethyl adjacent to an activating group) is 3. The molecule has 25 nitrogen and oxygen atoms in total. The second-order valence-electron chi connectivity index (χ2n) is 30.5. The number of furan rings is 1. The van der Waals surface area contributed by atoms with Gasteiger partial charge in [-0.3, -0.25) is 38.7 Å². The number of aromatic nitrogens is 3. The Hall–Kier alpha value is -11.5. The Bertz CT molecular complexity index is 5840. The number of methoxy groups -OCH3 is 6. The van der Waals surface area contributed by atoms with E-state index < -0.39 is 5.78 Å². The lowest BCUT2D eigenvalue weighted by Gasteiger charge is -2.35. The number of piperazine rings is 3. The molecule has 0 bridgehead atoms. The number of hydrogen-bond donors (Lipinski definition) is 3. The molecule has 5 aromatic heterocycles. The van der Waals surface area contributed by atoms with Gasteiger partial charge in [-0.25, -0.2) is 4.98 Å². The molecule has 3 saturated heterocycles. The fourth-order valence-corrected chi connectivity index (χ4v) is 18.7. The second kappa shape index (κ2) is 43.3. The summed E-state index contributed by atoms with van der Waals surface area (Å²) in [5, 5.41) is 9.52. The Morgan fingerprint density at radius 1 is 0.411 bits per heavy atom. The molecule has 0 unspecified atom stereocenters. The first-order valence-corrected chi connectivity index (χ1v) is 44.9. The highest BCUT2D eigenvalue weighted by Gasteiger charge is 2.33. The highest BCUT2D eigenvalue weighted by atomic mass is 35.5. The molecular formula is C97H98Cl6N12O13S. The summed E-state index contributed by atoms with van der Waals surface area (Å²) in [5.74, 6) is -0.316. The van der Waals surface area contributed by atoms with E-state index in [1.165, 1.54) is 78.3 Å². The first-order chi connectivity index (χ1) is 62.3. The van der Waals surface area contributed by atoms with Gasteiger partial charge in [-0.05, 0) is 139 Å². The molecular weight excluding hydrogens is 1790 g/mol. The van der Waals surface area contributed by atoms with Gasteiger partial charge >= 0.3 is 0 Å². The van der Waals surface area contributed by atoms with Crippen molar-refractivity contribution in [2.24, 2.45) is 0 Å². The number of carbonyl (C=O) groups excluding carboxylic acids is 6. The summed E-state index contributed by atoms with van der Waals surface area (Å²) < 4.78 is 38.6. The van der Waals surface area contributed by atoms with Crippen LogP contribution >= 0.6 is 80.9 Å². The number of benzene rings is 6. The minimum Gasteiger partial charge on any atom is -0.495 e. The van der Waals surface area contributed by atoms with E-state index in [1.807, 2.05) is 66.7 Å². The molecule has 3 amide bonds. The number of halogens is 6. The maximum absolute atomic E-state index is 13.6. The van der Waals surface area contributed by atoms with Crippen LogP contribution in [0.1, 0.15) is 108 Å². The summed E-state index contributed by atoms with van der Waals surface area (Å²) >= 11 is 40.2. The minimum absolute atomic E-state index is 0.0117. The molecule has 6 aromatic carbocycles. The van der Waals surface area contributed by atoms with Gasteiger partial charge in [0.2, 0.25) is 29.3 Å². The standard InChI is InChI=1S/C33H34Cl2N4O4.C32H32Cl2N4O5.C32H32Cl2N4O4S/c1-5-29(40)37-26-18-24(39-13-11-38(6-2)12-14-39)10-8-21(26)16-23-9-7-20-15-22(17-25(20)36-23)33(41)30-31(34)27(42-3)19-28(43-4)32(30)35;1-5-28(39)36-22-16-21(38-13-11-37(6-2)12-14-38)9-7-19(22)15-20-8-10-24-23(35-20)17-27(43-24)32(40)29-30(33)25(41-3)18-26(42-4)31(29)34;1-5-28(39)36-22-16-21(38-13-11-37(6-2)12-14-38)9-7-19(22)15-20-8-10-26-23(35-20)17-27(43-26)32(40)29-30(33)24(41-3)18-25(42-4)31(29)34/h5,7-10,17-19H,1,6,11-16H2,2-4H3,(H,37,40);2*5,7-10,16-18H,1,6,11-15H2,2-4H3,(H,36,39). The van der Waals surface area contributed by atoms with E-state index in [2.05, 4.69) is 104 Å². The van der Waals surface area contributed by atoms with E-state index >= 15 is 0 Å². The minimum atomic E-state index is -0.531. The number of fused-ring (bicyclic) bond motifs is 3. The van der Waals surface area contributed by atoms with E-state index in [0.29, 0.717) is 87.1 Å². The number of anilines is 6. The number of ether oxygens (including phenoxy) is 6. The smallest absolute Gasteiger partial charge is 0.247 e. The van der Waals surface area contributed by atoms with Crippen LogP contribution in [-0.2, 0) is 40.1 Å². The fourth-order valence-electron chi connectivity index (χ4n) is 15.7. The molecule has 0 radical (unpaired) electrons. The number of amides is 3. The van der Waals surface area contributed by atoms with Gasteiger partial charge < -0.3 is 78.2 Å². The van der Waals surface area contributed by atoms with Gasteiger partial charge in [0.1, 0.15) is 40.0 Å². The number of nitrogens with zero attached hydrogens (tertiary/aromatic N) is 9. The molecule has 3 N–H and O–H groups in total. The van der Waals surface area contributed by atoms with Crippen molar-refractivity contribution < 1.29 is 61.6 Å². The van der Waals surface area contributed by atoms with E-state index in [4.69, 9.17) is 117 Å². The Kier molecular flexibility index (Phi) is 31.9. The van der Waals surface area contributed by atoms with Crippen LogP contribution in [0.25, 0.3) is 27.4 Å². The molecule has 8 heterocycles. The zero-order valence-corrected chi connectivity index (χ0v) is 78.3. The largest absolute Gasteiger partial charge is 0.495 e. The molecule has 11 aromatic rings. The van der Waals surface area contributed by atoms with E-state index in [1.54, 1.807) is 36.4 Å². The second-order valence-corrected chi connectivity index (χ2v) is 33.9. The third kappa shape index (κ3) is 21.8. The van der Waals surface area contributed by atoms with Crippen LogP contribution in [0.2, 0.25) is 30.1 Å². The molecule has 672 valence electrons. The average Bonchev–Trinajstić information content (AvgIpc) is 1.66. The molecule has 4 aliphatic rings. The Morgan fingerprint density at radius 2 is 0.760 bits per heavy atom. The number of hydrogen-bond acceptors (Lipinski definition) is 23. The van der Waals surface area contributed by atoms with Crippen LogP contribution < -0.4 is 59.1 Å². The molecule has 1 aliphatic carbocycles. The molecule has 3 fully saturated rings. The molecule has 15 rings (SSSR count). The number of Topliss-reactive ketones (excluding diaryl/α,β-unsaturated/α-hetero) is 1. The van der Waals surface area contributed by atoms with Gasteiger partial charge in [-0.15, -0.1) is 11.3 Å². The van der Waals surface area contributed by atoms with Gasteiger partial charge in [-0.2, -0.15) is 0 Å². The van der Waals surface area contributed by atoms with Crippen LogP contribution in [0.3, 0.4) is 0 Å². The number of nitrogens with one attached hydrogen (secondary N) is 3. The van der Waals surface area contributed by atoms with Crippen molar-refractivity contribution in [1.29, 1.82) is 0 Å². The van der Waals surface area contributed by atoms with Gasteiger partial charge in [0.15, 0.2) is 17.1 Å². The highest BCUT2D eigenvalue weighted by molar-refractivity contribution is 7.21. The highest BCUT2D eigenvalue weighted by Crippen LogP contribution is 2.47. The van der Waals surface area contributed by atoms with Crippen LogP contribution in [0.15, 0.2) is 169 Å².